The number of hydrogen-bond donors (Lipinski definition) is 1. The van der Waals surface area contributed by atoms with Crippen molar-refractivity contribution >= 4 is 11.7 Å². The Morgan fingerprint density at radius 2 is 2.05 bits per heavy atom. The summed E-state index contributed by atoms with van der Waals surface area (Å²) in [5.41, 5.74) is 2.80. The van der Waals surface area contributed by atoms with E-state index in [0.29, 0.717) is 6.42 Å². The van der Waals surface area contributed by atoms with Crippen molar-refractivity contribution in [2.24, 2.45) is 0 Å². The number of carbonyl (C=O) groups excluding carboxylic acids is 1. The van der Waals surface area contributed by atoms with Crippen molar-refractivity contribution < 1.29 is 14.3 Å². The SMILES string of the molecule is COc1cc(C)c2c(c1)NC(C(=O)OC(C)(C)C)C2. The number of fused-ring (bicyclic) bond motifs is 1. The first-order valence-electron chi connectivity index (χ1n) is 6.47. The molecule has 0 aliphatic carbocycles. The molecule has 19 heavy (non-hydrogen) atoms. The van der Waals surface area contributed by atoms with E-state index in [9.17, 15) is 4.79 Å². The van der Waals surface area contributed by atoms with Gasteiger partial charge < -0.3 is 14.8 Å². The van der Waals surface area contributed by atoms with Crippen LogP contribution in [0.4, 0.5) is 5.69 Å². The Kier molecular flexibility index (Phi) is 3.43. The number of carbonyl (C=O) groups is 1. The first-order chi connectivity index (χ1) is 8.80. The summed E-state index contributed by atoms with van der Waals surface area (Å²) < 4.78 is 10.7. The second-order valence-corrected chi connectivity index (χ2v) is 5.90. The van der Waals surface area contributed by atoms with Crippen LogP contribution in [0.2, 0.25) is 0 Å². The van der Waals surface area contributed by atoms with Crippen molar-refractivity contribution in [2.45, 2.75) is 45.8 Å². The van der Waals surface area contributed by atoms with Crippen LogP contribution in [0.25, 0.3) is 0 Å². The molecule has 1 aromatic carbocycles. The highest BCUT2D eigenvalue weighted by Gasteiger charge is 2.31. The van der Waals surface area contributed by atoms with E-state index in [1.807, 2.05) is 39.8 Å². The average Bonchev–Trinajstić information content (AvgIpc) is 2.71. The number of ether oxygens (including phenoxy) is 2. The smallest absolute Gasteiger partial charge is 0.329 e. The van der Waals surface area contributed by atoms with Gasteiger partial charge in [-0.3, -0.25) is 0 Å². The Balaban J connectivity index is 2.16. The highest BCUT2D eigenvalue weighted by atomic mass is 16.6. The van der Waals surface area contributed by atoms with Crippen LogP contribution in [-0.2, 0) is 16.0 Å². The lowest BCUT2D eigenvalue weighted by Crippen LogP contribution is -2.35. The average molecular weight is 263 g/mol. The maximum atomic E-state index is 12.1. The number of methoxy groups -OCH3 is 1. The van der Waals surface area contributed by atoms with E-state index in [1.165, 1.54) is 0 Å². The molecule has 4 heteroatoms. The third-order valence-corrected chi connectivity index (χ3v) is 3.11. The molecule has 1 unspecified atom stereocenters. The van der Waals surface area contributed by atoms with Crippen LogP contribution >= 0.6 is 0 Å². The lowest BCUT2D eigenvalue weighted by Gasteiger charge is -2.22. The summed E-state index contributed by atoms with van der Waals surface area (Å²) in [6.45, 7) is 7.66. The van der Waals surface area contributed by atoms with Crippen LogP contribution in [0.15, 0.2) is 12.1 Å². The fourth-order valence-electron chi connectivity index (χ4n) is 2.26. The van der Waals surface area contributed by atoms with Crippen molar-refractivity contribution in [3.05, 3.63) is 23.3 Å². The van der Waals surface area contributed by atoms with Crippen LogP contribution < -0.4 is 10.1 Å². The van der Waals surface area contributed by atoms with Crippen molar-refractivity contribution in [3.8, 4) is 5.75 Å². The predicted octanol–water partition coefficient (Wildman–Crippen LogP) is 2.68. The van der Waals surface area contributed by atoms with E-state index in [1.54, 1.807) is 7.11 Å². The van der Waals surface area contributed by atoms with Crippen LogP contribution in [0.5, 0.6) is 5.75 Å². The number of esters is 1. The van der Waals surface area contributed by atoms with Crippen LogP contribution in [0.3, 0.4) is 0 Å². The molecule has 0 saturated heterocycles. The molecule has 1 aliphatic heterocycles. The van der Waals surface area contributed by atoms with E-state index in [0.717, 1.165) is 22.6 Å². The van der Waals surface area contributed by atoms with Gasteiger partial charge in [0.2, 0.25) is 0 Å². The topological polar surface area (TPSA) is 47.6 Å². The van der Waals surface area contributed by atoms with Gasteiger partial charge in [-0.2, -0.15) is 0 Å². The molecule has 0 radical (unpaired) electrons. The van der Waals surface area contributed by atoms with Gasteiger partial charge in [0.1, 0.15) is 17.4 Å². The van der Waals surface area contributed by atoms with Crippen molar-refractivity contribution in [3.63, 3.8) is 0 Å². The minimum absolute atomic E-state index is 0.206. The van der Waals surface area contributed by atoms with E-state index in [-0.39, 0.29) is 12.0 Å². The Morgan fingerprint density at radius 1 is 1.37 bits per heavy atom. The zero-order chi connectivity index (χ0) is 14.2. The lowest BCUT2D eigenvalue weighted by molar-refractivity contribution is -0.155. The molecule has 0 bridgehead atoms. The van der Waals surface area contributed by atoms with Crippen molar-refractivity contribution in [1.82, 2.24) is 0 Å². The number of benzene rings is 1. The van der Waals surface area contributed by atoms with Crippen LogP contribution in [-0.4, -0.2) is 24.7 Å². The van der Waals surface area contributed by atoms with Gasteiger partial charge in [-0.05, 0) is 44.9 Å². The van der Waals surface area contributed by atoms with Gasteiger partial charge in [0.15, 0.2) is 0 Å². The van der Waals surface area contributed by atoms with Crippen molar-refractivity contribution in [1.29, 1.82) is 0 Å². The summed E-state index contributed by atoms with van der Waals surface area (Å²) in [5.74, 6) is 0.593. The fourth-order valence-corrected chi connectivity index (χ4v) is 2.26. The summed E-state index contributed by atoms with van der Waals surface area (Å²) in [4.78, 5) is 12.1. The molecule has 4 nitrogen and oxygen atoms in total. The molecular formula is C15H21NO3. The highest BCUT2D eigenvalue weighted by molar-refractivity contribution is 5.84. The number of rotatable bonds is 2. The largest absolute Gasteiger partial charge is 0.497 e. The Bertz CT molecular complexity index is 503. The molecule has 0 amide bonds. The molecule has 1 aliphatic rings. The maximum Gasteiger partial charge on any atom is 0.329 e. The number of anilines is 1. The van der Waals surface area contributed by atoms with E-state index in [4.69, 9.17) is 9.47 Å². The monoisotopic (exact) mass is 263 g/mol. The van der Waals surface area contributed by atoms with Gasteiger partial charge in [-0.1, -0.05) is 0 Å². The molecule has 2 rings (SSSR count). The highest BCUT2D eigenvalue weighted by Crippen LogP contribution is 2.33. The fraction of sp³-hybridized carbons (Fsp3) is 0.533. The van der Waals surface area contributed by atoms with Gasteiger partial charge in [-0.25, -0.2) is 4.79 Å². The standard InChI is InChI=1S/C15H21NO3/c1-9-6-10(18-5)7-12-11(9)8-13(16-12)14(17)19-15(2,3)4/h6-7,13,16H,8H2,1-5H3. The van der Waals surface area contributed by atoms with Gasteiger partial charge in [0, 0.05) is 18.2 Å². The molecule has 1 heterocycles. The molecule has 0 spiro atoms. The molecule has 1 aromatic rings. The summed E-state index contributed by atoms with van der Waals surface area (Å²) in [6.07, 6.45) is 0.667. The summed E-state index contributed by atoms with van der Waals surface area (Å²) >= 11 is 0. The Morgan fingerprint density at radius 3 is 2.63 bits per heavy atom. The Hall–Kier alpha value is -1.71. The maximum absolute atomic E-state index is 12.1. The van der Waals surface area contributed by atoms with E-state index >= 15 is 0 Å². The van der Waals surface area contributed by atoms with E-state index < -0.39 is 5.60 Å². The number of nitrogens with one attached hydrogen (secondary N) is 1. The Labute approximate surface area is 114 Å². The van der Waals surface area contributed by atoms with Crippen LogP contribution in [0, 0.1) is 6.92 Å². The van der Waals surface area contributed by atoms with Gasteiger partial charge in [0.25, 0.3) is 0 Å². The zero-order valence-corrected chi connectivity index (χ0v) is 12.2. The number of hydrogen-bond acceptors (Lipinski definition) is 4. The van der Waals surface area contributed by atoms with Crippen LogP contribution in [0.1, 0.15) is 31.9 Å². The molecule has 1 N–H and O–H groups in total. The van der Waals surface area contributed by atoms with Gasteiger partial charge in [0.05, 0.1) is 7.11 Å². The van der Waals surface area contributed by atoms with Crippen molar-refractivity contribution in [2.75, 3.05) is 12.4 Å². The first kappa shape index (κ1) is 13.7. The molecule has 0 fully saturated rings. The third kappa shape index (κ3) is 3.00. The summed E-state index contributed by atoms with van der Waals surface area (Å²) in [6, 6.07) is 3.60. The minimum Gasteiger partial charge on any atom is -0.497 e. The zero-order valence-electron chi connectivity index (χ0n) is 12.2. The number of aryl methyl sites for hydroxylation is 1. The molecule has 104 valence electrons. The third-order valence-electron chi connectivity index (χ3n) is 3.11. The quantitative estimate of drug-likeness (QED) is 0.833. The summed E-state index contributed by atoms with van der Waals surface area (Å²) in [5, 5.41) is 3.22. The lowest BCUT2D eigenvalue weighted by atomic mass is 10.0. The molecule has 0 saturated carbocycles. The summed E-state index contributed by atoms with van der Waals surface area (Å²) in [7, 11) is 1.64. The normalized spacial score (nSPS) is 17.6. The molecular weight excluding hydrogens is 242 g/mol. The molecule has 0 aromatic heterocycles. The van der Waals surface area contributed by atoms with Gasteiger partial charge in [-0.15, -0.1) is 0 Å². The van der Waals surface area contributed by atoms with Gasteiger partial charge >= 0.3 is 5.97 Å². The first-order valence-corrected chi connectivity index (χ1v) is 6.47. The second kappa shape index (κ2) is 4.76. The molecule has 1 atom stereocenters. The second-order valence-electron chi connectivity index (χ2n) is 5.90. The van der Waals surface area contributed by atoms with E-state index in [2.05, 4.69) is 5.32 Å². The minimum atomic E-state index is -0.458. The predicted molar refractivity (Wildman–Crippen MR) is 74.7 cm³/mol.